The van der Waals surface area contributed by atoms with E-state index < -0.39 is 12.2 Å². The largest absolute Gasteiger partial charge is 0.389 e. The van der Waals surface area contributed by atoms with Gasteiger partial charge in [0.25, 0.3) is 0 Å². The summed E-state index contributed by atoms with van der Waals surface area (Å²) >= 11 is 0. The van der Waals surface area contributed by atoms with Gasteiger partial charge in [-0.15, -0.1) is 0 Å². The van der Waals surface area contributed by atoms with Gasteiger partial charge in [0.2, 0.25) is 0 Å². The van der Waals surface area contributed by atoms with Crippen molar-refractivity contribution in [3.63, 3.8) is 0 Å². The zero-order valence-corrected chi connectivity index (χ0v) is 13.4. The van der Waals surface area contributed by atoms with Gasteiger partial charge in [0.15, 0.2) is 0 Å². The lowest BCUT2D eigenvalue weighted by molar-refractivity contribution is 0.0166. The van der Waals surface area contributed by atoms with Crippen LogP contribution in [-0.2, 0) is 0 Å². The minimum atomic E-state index is -0.439. The van der Waals surface area contributed by atoms with E-state index >= 15 is 0 Å². The van der Waals surface area contributed by atoms with Crippen LogP contribution in [0, 0.1) is 22.7 Å². The molecule has 0 bridgehead atoms. The fraction of sp³-hybridized carbons (Fsp3) is 0.684. The maximum atomic E-state index is 10.8. The fourth-order valence-corrected chi connectivity index (χ4v) is 5.46. The Morgan fingerprint density at radius 3 is 2.59 bits per heavy atom. The van der Waals surface area contributed by atoms with E-state index in [1.165, 1.54) is 5.57 Å². The first kappa shape index (κ1) is 14.7. The molecule has 3 nitrogen and oxygen atoms in total. The highest BCUT2D eigenvalue weighted by Gasteiger charge is 2.54. The number of allylic oxidation sites excluding steroid dienone is 3. The van der Waals surface area contributed by atoms with Gasteiger partial charge in [-0.1, -0.05) is 43.7 Å². The Kier molecular flexibility index (Phi) is 3.04. The van der Waals surface area contributed by atoms with Gasteiger partial charge in [-0.25, -0.2) is 0 Å². The highest BCUT2D eigenvalue weighted by Crippen LogP contribution is 2.60. The van der Waals surface area contributed by atoms with Crippen LogP contribution in [0.4, 0.5) is 0 Å². The normalized spacial score (nSPS) is 53.2. The van der Waals surface area contributed by atoms with Crippen molar-refractivity contribution in [3.05, 3.63) is 35.5 Å². The third kappa shape index (κ3) is 1.73. The van der Waals surface area contributed by atoms with E-state index in [-0.39, 0.29) is 22.9 Å². The van der Waals surface area contributed by atoms with Crippen LogP contribution >= 0.6 is 0 Å². The second kappa shape index (κ2) is 4.56. The Morgan fingerprint density at radius 2 is 1.82 bits per heavy atom. The molecule has 4 aliphatic rings. The van der Waals surface area contributed by atoms with Gasteiger partial charge < -0.3 is 15.3 Å². The topological polar surface area (TPSA) is 60.7 Å². The molecule has 0 aromatic heterocycles. The zero-order valence-electron chi connectivity index (χ0n) is 13.4. The number of fused-ring (bicyclic) bond motifs is 4. The van der Waals surface area contributed by atoms with Gasteiger partial charge >= 0.3 is 0 Å². The summed E-state index contributed by atoms with van der Waals surface area (Å²) in [5.74, 6) is 0.459. The Morgan fingerprint density at radius 1 is 1.05 bits per heavy atom. The van der Waals surface area contributed by atoms with Crippen molar-refractivity contribution >= 4 is 0 Å². The van der Waals surface area contributed by atoms with Gasteiger partial charge in [-0.2, -0.15) is 0 Å². The molecular formula is C19H26O3. The highest BCUT2D eigenvalue weighted by atomic mass is 16.3. The number of hydrogen-bond donors (Lipinski definition) is 3. The lowest BCUT2D eigenvalue weighted by Gasteiger charge is -2.53. The molecule has 0 heterocycles. The number of aliphatic hydroxyl groups excluding tert-OH is 3. The van der Waals surface area contributed by atoms with Crippen LogP contribution in [0.2, 0.25) is 0 Å². The van der Waals surface area contributed by atoms with Gasteiger partial charge in [-0.05, 0) is 37.2 Å². The van der Waals surface area contributed by atoms with Crippen LogP contribution in [0.1, 0.15) is 39.5 Å². The van der Waals surface area contributed by atoms with Crippen LogP contribution in [-0.4, -0.2) is 33.6 Å². The molecule has 0 radical (unpaired) electrons. The average molecular weight is 302 g/mol. The summed E-state index contributed by atoms with van der Waals surface area (Å²) in [6, 6.07) is 0. The Bertz CT molecular complexity index is 589. The lowest BCUT2D eigenvalue weighted by atomic mass is 9.52. The summed E-state index contributed by atoms with van der Waals surface area (Å²) in [4.78, 5) is 0. The van der Waals surface area contributed by atoms with E-state index in [1.54, 1.807) is 0 Å². The molecule has 3 heteroatoms. The molecule has 0 spiro atoms. The van der Waals surface area contributed by atoms with Crippen LogP contribution in [0.3, 0.4) is 0 Å². The highest BCUT2D eigenvalue weighted by molar-refractivity contribution is 5.43. The molecule has 0 saturated carbocycles. The predicted molar refractivity (Wildman–Crippen MR) is 85.0 cm³/mol. The fourth-order valence-electron chi connectivity index (χ4n) is 5.46. The van der Waals surface area contributed by atoms with Gasteiger partial charge in [-0.3, -0.25) is 0 Å². The van der Waals surface area contributed by atoms with E-state index in [4.69, 9.17) is 0 Å². The molecule has 0 aliphatic heterocycles. The molecule has 0 fully saturated rings. The van der Waals surface area contributed by atoms with Crippen molar-refractivity contribution in [1.82, 2.24) is 0 Å². The Hall–Kier alpha value is -0.900. The quantitative estimate of drug-likeness (QED) is 0.602. The molecule has 7 atom stereocenters. The SMILES string of the molecule is C[C@]12CCC3=C([C@@H](O)C[C@@H]4C[C@@H](O)C=C[C@]34C)[C@@H]1C=C[C@@H]2O. The first-order valence-corrected chi connectivity index (χ1v) is 8.51. The molecule has 0 aromatic carbocycles. The Labute approximate surface area is 132 Å². The third-order valence-electron chi connectivity index (χ3n) is 7.02. The van der Waals surface area contributed by atoms with E-state index in [9.17, 15) is 15.3 Å². The van der Waals surface area contributed by atoms with Gasteiger partial charge in [0, 0.05) is 16.7 Å². The van der Waals surface area contributed by atoms with Crippen molar-refractivity contribution in [2.24, 2.45) is 22.7 Å². The van der Waals surface area contributed by atoms with E-state index in [1.807, 2.05) is 12.2 Å². The van der Waals surface area contributed by atoms with Gasteiger partial charge in [0.1, 0.15) is 0 Å². The minimum Gasteiger partial charge on any atom is -0.389 e. The summed E-state index contributed by atoms with van der Waals surface area (Å²) in [6.07, 6.45) is 10.2. The lowest BCUT2D eigenvalue weighted by Crippen LogP contribution is -2.48. The van der Waals surface area contributed by atoms with Crippen molar-refractivity contribution in [2.75, 3.05) is 0 Å². The van der Waals surface area contributed by atoms with E-state index in [0.29, 0.717) is 12.3 Å². The summed E-state index contributed by atoms with van der Waals surface area (Å²) in [6.45, 7) is 4.41. The number of aliphatic hydroxyl groups is 3. The average Bonchev–Trinajstić information content (AvgIpc) is 2.77. The molecule has 120 valence electrons. The second-order valence-corrected chi connectivity index (χ2v) is 8.14. The monoisotopic (exact) mass is 302 g/mol. The van der Waals surface area contributed by atoms with E-state index in [2.05, 4.69) is 26.0 Å². The first-order chi connectivity index (χ1) is 10.4. The molecular weight excluding hydrogens is 276 g/mol. The maximum Gasteiger partial charge on any atom is 0.0783 e. The number of rotatable bonds is 0. The molecule has 0 amide bonds. The van der Waals surface area contributed by atoms with Crippen molar-refractivity contribution < 1.29 is 15.3 Å². The molecule has 22 heavy (non-hydrogen) atoms. The smallest absolute Gasteiger partial charge is 0.0783 e. The Balaban J connectivity index is 1.84. The van der Waals surface area contributed by atoms with E-state index in [0.717, 1.165) is 24.8 Å². The number of hydrogen-bond acceptors (Lipinski definition) is 3. The third-order valence-corrected chi connectivity index (χ3v) is 7.02. The standard InChI is InChI=1S/C19H26O3/c1-18-7-5-12(20)9-11(18)10-15(21)17-13-3-4-16(22)19(13,2)8-6-14(17)18/h3-5,7,11-13,15-16,20-22H,6,8-10H2,1-2H3/t11-,12-,13-,15-,16-,18-,19-/m0/s1. The molecule has 0 unspecified atom stereocenters. The van der Waals surface area contributed by atoms with Crippen molar-refractivity contribution in [3.8, 4) is 0 Å². The molecule has 0 saturated heterocycles. The summed E-state index contributed by atoms with van der Waals surface area (Å²) < 4.78 is 0. The predicted octanol–water partition coefficient (Wildman–Crippen LogP) is 2.34. The van der Waals surface area contributed by atoms with Crippen LogP contribution in [0.5, 0.6) is 0 Å². The summed E-state index contributed by atoms with van der Waals surface area (Å²) in [5, 5.41) is 31.1. The molecule has 0 aromatic rings. The molecule has 3 N–H and O–H groups in total. The van der Waals surface area contributed by atoms with Crippen LogP contribution < -0.4 is 0 Å². The van der Waals surface area contributed by atoms with Crippen LogP contribution in [0.25, 0.3) is 0 Å². The van der Waals surface area contributed by atoms with Crippen molar-refractivity contribution in [1.29, 1.82) is 0 Å². The summed E-state index contributed by atoms with van der Waals surface area (Å²) in [5.41, 5.74) is 2.30. The maximum absolute atomic E-state index is 10.8. The second-order valence-electron chi connectivity index (χ2n) is 8.14. The van der Waals surface area contributed by atoms with Crippen molar-refractivity contribution in [2.45, 2.75) is 57.8 Å². The minimum absolute atomic E-state index is 0.0451. The van der Waals surface area contributed by atoms with Crippen LogP contribution in [0.15, 0.2) is 35.5 Å². The molecule has 4 rings (SSSR count). The first-order valence-electron chi connectivity index (χ1n) is 8.51. The summed E-state index contributed by atoms with van der Waals surface area (Å²) in [7, 11) is 0. The molecule has 4 aliphatic carbocycles. The van der Waals surface area contributed by atoms with Gasteiger partial charge in [0.05, 0.1) is 18.3 Å². The zero-order chi connectivity index (χ0) is 15.7.